The van der Waals surface area contributed by atoms with Gasteiger partial charge in [0.25, 0.3) is 0 Å². The third-order valence-corrected chi connectivity index (χ3v) is 3.18. The standard InChI is InChI=1S/C12H18N2OS/c1-15-9-8-14(6-2-5-13)7-3-12-4-10-16-11-12/h4,10-11H,2-3,6-9H2,1H3. The minimum absolute atomic E-state index is 0.591. The number of rotatable bonds is 8. The molecule has 16 heavy (non-hydrogen) atoms. The van der Waals surface area contributed by atoms with E-state index in [1.54, 1.807) is 18.4 Å². The average Bonchev–Trinajstić information content (AvgIpc) is 2.81. The molecular formula is C12H18N2OS. The molecule has 1 aromatic rings. The van der Waals surface area contributed by atoms with Crippen molar-refractivity contribution in [3.8, 4) is 6.07 Å². The van der Waals surface area contributed by atoms with Gasteiger partial charge in [-0.3, -0.25) is 4.90 Å². The van der Waals surface area contributed by atoms with Gasteiger partial charge >= 0.3 is 0 Å². The highest BCUT2D eigenvalue weighted by molar-refractivity contribution is 7.07. The first-order chi connectivity index (χ1) is 7.86. The molecule has 0 aliphatic rings. The van der Waals surface area contributed by atoms with Crippen LogP contribution < -0.4 is 0 Å². The van der Waals surface area contributed by atoms with Gasteiger partial charge < -0.3 is 4.74 Å². The Morgan fingerprint density at radius 2 is 2.31 bits per heavy atom. The molecule has 0 atom stereocenters. The van der Waals surface area contributed by atoms with Crippen molar-refractivity contribution < 1.29 is 4.74 Å². The summed E-state index contributed by atoms with van der Waals surface area (Å²) in [5.74, 6) is 0. The molecule has 1 rings (SSSR count). The van der Waals surface area contributed by atoms with E-state index in [0.717, 1.165) is 32.7 Å². The molecule has 0 bridgehead atoms. The minimum atomic E-state index is 0.591. The summed E-state index contributed by atoms with van der Waals surface area (Å²) in [6.45, 7) is 3.48. The molecule has 1 aromatic heterocycles. The molecule has 0 saturated carbocycles. The summed E-state index contributed by atoms with van der Waals surface area (Å²) in [5.41, 5.74) is 1.38. The third kappa shape index (κ3) is 5.26. The van der Waals surface area contributed by atoms with E-state index in [0.29, 0.717) is 6.42 Å². The van der Waals surface area contributed by atoms with E-state index in [-0.39, 0.29) is 0 Å². The van der Waals surface area contributed by atoms with Gasteiger partial charge in [0.15, 0.2) is 0 Å². The fourth-order valence-corrected chi connectivity index (χ4v) is 2.19. The van der Waals surface area contributed by atoms with Crippen LogP contribution in [0.15, 0.2) is 16.8 Å². The Hall–Kier alpha value is -0.890. The van der Waals surface area contributed by atoms with E-state index in [1.165, 1.54) is 5.56 Å². The second-order valence-corrected chi connectivity index (χ2v) is 4.40. The predicted octanol–water partition coefficient (Wildman–Crippen LogP) is 2.15. The average molecular weight is 238 g/mol. The fraction of sp³-hybridized carbons (Fsp3) is 0.583. The van der Waals surface area contributed by atoms with E-state index in [4.69, 9.17) is 10.00 Å². The van der Waals surface area contributed by atoms with Crippen molar-refractivity contribution in [3.05, 3.63) is 22.4 Å². The number of methoxy groups -OCH3 is 1. The van der Waals surface area contributed by atoms with E-state index in [1.807, 2.05) is 0 Å². The number of nitriles is 1. The SMILES string of the molecule is COCCN(CCC#N)CCc1ccsc1. The topological polar surface area (TPSA) is 36.3 Å². The lowest BCUT2D eigenvalue weighted by molar-refractivity contribution is 0.149. The second-order valence-electron chi connectivity index (χ2n) is 3.62. The van der Waals surface area contributed by atoms with Crippen LogP contribution in [0.4, 0.5) is 0 Å². The summed E-state index contributed by atoms with van der Waals surface area (Å²) < 4.78 is 5.07. The van der Waals surface area contributed by atoms with Crippen molar-refractivity contribution in [1.29, 1.82) is 5.26 Å². The molecule has 0 N–H and O–H groups in total. The smallest absolute Gasteiger partial charge is 0.0635 e. The van der Waals surface area contributed by atoms with Crippen molar-refractivity contribution in [2.45, 2.75) is 12.8 Å². The maximum Gasteiger partial charge on any atom is 0.0635 e. The molecule has 0 fully saturated rings. The Balaban J connectivity index is 2.28. The fourth-order valence-electron chi connectivity index (χ4n) is 1.49. The zero-order chi connectivity index (χ0) is 11.6. The molecule has 0 amide bonds. The highest BCUT2D eigenvalue weighted by Gasteiger charge is 2.04. The van der Waals surface area contributed by atoms with Gasteiger partial charge in [0.1, 0.15) is 0 Å². The van der Waals surface area contributed by atoms with Crippen LogP contribution in [-0.4, -0.2) is 38.3 Å². The maximum atomic E-state index is 8.59. The highest BCUT2D eigenvalue weighted by atomic mass is 32.1. The molecule has 0 aliphatic carbocycles. The molecule has 0 radical (unpaired) electrons. The maximum absolute atomic E-state index is 8.59. The Morgan fingerprint density at radius 3 is 2.94 bits per heavy atom. The Kier molecular flexibility index (Phi) is 6.82. The summed E-state index contributed by atoms with van der Waals surface area (Å²) in [5, 5.41) is 12.9. The number of hydrogen-bond acceptors (Lipinski definition) is 4. The summed E-state index contributed by atoms with van der Waals surface area (Å²) in [7, 11) is 1.71. The van der Waals surface area contributed by atoms with Crippen LogP contribution in [0, 0.1) is 11.3 Å². The first-order valence-corrected chi connectivity index (χ1v) is 6.40. The summed E-state index contributed by atoms with van der Waals surface area (Å²) in [6, 6.07) is 4.34. The second kappa shape index (κ2) is 8.28. The van der Waals surface area contributed by atoms with Crippen LogP contribution in [0.1, 0.15) is 12.0 Å². The summed E-state index contributed by atoms with van der Waals surface area (Å²) in [6.07, 6.45) is 1.64. The van der Waals surface area contributed by atoms with Crippen molar-refractivity contribution in [2.24, 2.45) is 0 Å². The lowest BCUT2D eigenvalue weighted by Crippen LogP contribution is -2.30. The van der Waals surface area contributed by atoms with Gasteiger partial charge in [-0.2, -0.15) is 16.6 Å². The molecule has 0 unspecified atom stereocenters. The first kappa shape index (κ1) is 13.2. The largest absolute Gasteiger partial charge is 0.383 e. The number of ether oxygens (including phenoxy) is 1. The van der Waals surface area contributed by atoms with Crippen LogP contribution in [0.2, 0.25) is 0 Å². The van der Waals surface area contributed by atoms with E-state index < -0.39 is 0 Å². The first-order valence-electron chi connectivity index (χ1n) is 5.46. The minimum Gasteiger partial charge on any atom is -0.383 e. The van der Waals surface area contributed by atoms with Crippen molar-refractivity contribution in [2.75, 3.05) is 33.4 Å². The molecular weight excluding hydrogens is 220 g/mol. The van der Waals surface area contributed by atoms with Gasteiger partial charge in [-0.1, -0.05) is 0 Å². The van der Waals surface area contributed by atoms with Crippen molar-refractivity contribution in [1.82, 2.24) is 4.90 Å². The van der Waals surface area contributed by atoms with E-state index >= 15 is 0 Å². The molecule has 4 heteroatoms. The lowest BCUT2D eigenvalue weighted by atomic mass is 10.2. The van der Waals surface area contributed by atoms with Crippen LogP contribution >= 0.6 is 11.3 Å². The van der Waals surface area contributed by atoms with Crippen LogP contribution in [0.5, 0.6) is 0 Å². The molecule has 1 heterocycles. The highest BCUT2D eigenvalue weighted by Crippen LogP contribution is 2.07. The monoisotopic (exact) mass is 238 g/mol. The quantitative estimate of drug-likeness (QED) is 0.696. The molecule has 0 saturated heterocycles. The number of hydrogen-bond donors (Lipinski definition) is 0. The molecule has 0 spiro atoms. The van der Waals surface area contributed by atoms with Gasteiger partial charge in [0, 0.05) is 33.2 Å². The van der Waals surface area contributed by atoms with Gasteiger partial charge in [0.05, 0.1) is 12.7 Å². The number of nitrogens with zero attached hydrogens (tertiary/aromatic N) is 2. The Morgan fingerprint density at radius 1 is 1.44 bits per heavy atom. The zero-order valence-corrected chi connectivity index (χ0v) is 10.5. The Bertz CT molecular complexity index is 305. The number of thiophene rings is 1. The van der Waals surface area contributed by atoms with Gasteiger partial charge in [-0.25, -0.2) is 0 Å². The molecule has 3 nitrogen and oxygen atoms in total. The molecule has 88 valence electrons. The van der Waals surface area contributed by atoms with Crippen molar-refractivity contribution >= 4 is 11.3 Å². The van der Waals surface area contributed by atoms with E-state index in [9.17, 15) is 0 Å². The van der Waals surface area contributed by atoms with Gasteiger partial charge in [-0.05, 0) is 28.8 Å². The zero-order valence-electron chi connectivity index (χ0n) is 9.69. The molecule has 0 aliphatic heterocycles. The van der Waals surface area contributed by atoms with Crippen LogP contribution in [-0.2, 0) is 11.2 Å². The van der Waals surface area contributed by atoms with Crippen LogP contribution in [0.25, 0.3) is 0 Å². The Labute approximate surface area is 101 Å². The predicted molar refractivity (Wildman–Crippen MR) is 66.6 cm³/mol. The van der Waals surface area contributed by atoms with Gasteiger partial charge in [0.2, 0.25) is 0 Å². The van der Waals surface area contributed by atoms with Crippen LogP contribution in [0.3, 0.4) is 0 Å². The van der Waals surface area contributed by atoms with E-state index in [2.05, 4.69) is 27.8 Å². The molecule has 0 aromatic carbocycles. The third-order valence-electron chi connectivity index (χ3n) is 2.45. The normalized spacial score (nSPS) is 10.6. The summed E-state index contributed by atoms with van der Waals surface area (Å²) in [4.78, 5) is 2.28. The summed E-state index contributed by atoms with van der Waals surface area (Å²) >= 11 is 1.73. The lowest BCUT2D eigenvalue weighted by Gasteiger charge is -2.20. The van der Waals surface area contributed by atoms with Crippen molar-refractivity contribution in [3.63, 3.8) is 0 Å². The van der Waals surface area contributed by atoms with Gasteiger partial charge in [-0.15, -0.1) is 0 Å².